The molecule has 0 atom stereocenters. The van der Waals surface area contributed by atoms with Crippen molar-refractivity contribution < 1.29 is 4.79 Å². The van der Waals surface area contributed by atoms with Gasteiger partial charge in [-0.1, -0.05) is 42.0 Å². The Morgan fingerprint density at radius 1 is 1.24 bits per heavy atom. The van der Waals surface area contributed by atoms with Gasteiger partial charge in [0, 0.05) is 44.5 Å². The molecule has 4 nitrogen and oxygen atoms in total. The molecular weight excluding hydrogens is 306 g/mol. The lowest BCUT2D eigenvalue weighted by Gasteiger charge is -2.20. The maximum atomic E-state index is 12.0. The predicted octanol–water partition coefficient (Wildman–Crippen LogP) is 2.30. The predicted molar refractivity (Wildman–Crippen MR) is 91.4 cm³/mol. The van der Waals surface area contributed by atoms with Gasteiger partial charge in [0.2, 0.25) is 5.91 Å². The van der Waals surface area contributed by atoms with Crippen LogP contribution in [-0.4, -0.2) is 47.9 Å². The van der Waals surface area contributed by atoms with E-state index in [2.05, 4.69) is 4.90 Å². The van der Waals surface area contributed by atoms with Crippen molar-refractivity contribution in [2.45, 2.75) is 19.4 Å². The summed E-state index contributed by atoms with van der Waals surface area (Å²) >= 11 is 10.9. The molecule has 1 amide bonds. The van der Waals surface area contributed by atoms with Crippen LogP contribution in [0, 0.1) is 0 Å². The van der Waals surface area contributed by atoms with E-state index in [9.17, 15) is 4.79 Å². The van der Waals surface area contributed by atoms with Crippen molar-refractivity contribution in [1.82, 2.24) is 9.80 Å². The maximum absolute atomic E-state index is 12.0. The van der Waals surface area contributed by atoms with Crippen molar-refractivity contribution in [3.05, 3.63) is 34.9 Å². The fourth-order valence-electron chi connectivity index (χ4n) is 1.88. The van der Waals surface area contributed by atoms with Crippen LogP contribution < -0.4 is 5.73 Å². The summed E-state index contributed by atoms with van der Waals surface area (Å²) in [6, 6.07) is 7.74. The van der Waals surface area contributed by atoms with Crippen LogP contribution >= 0.6 is 23.8 Å². The second-order valence-corrected chi connectivity index (χ2v) is 6.04. The van der Waals surface area contributed by atoms with E-state index in [0.29, 0.717) is 30.9 Å². The molecule has 0 aliphatic carbocycles. The van der Waals surface area contributed by atoms with Gasteiger partial charge in [0.25, 0.3) is 0 Å². The average Bonchev–Trinajstić information content (AvgIpc) is 2.44. The molecule has 0 fully saturated rings. The fraction of sp³-hybridized carbons (Fsp3) is 0.467. The van der Waals surface area contributed by atoms with Gasteiger partial charge >= 0.3 is 0 Å². The minimum Gasteiger partial charge on any atom is -0.393 e. The Hall–Kier alpha value is -1.17. The fourth-order valence-corrected chi connectivity index (χ4v) is 2.16. The van der Waals surface area contributed by atoms with Crippen molar-refractivity contribution in [2.24, 2.45) is 5.73 Å². The van der Waals surface area contributed by atoms with Crippen LogP contribution in [0.15, 0.2) is 24.3 Å². The highest BCUT2D eigenvalue weighted by Gasteiger charge is 2.11. The third kappa shape index (κ3) is 6.89. The van der Waals surface area contributed by atoms with Crippen molar-refractivity contribution in [3.8, 4) is 0 Å². The number of nitrogens with zero attached hydrogens (tertiary/aromatic N) is 2. The molecule has 1 aromatic carbocycles. The number of carbonyl (C=O) groups is 1. The van der Waals surface area contributed by atoms with E-state index >= 15 is 0 Å². The molecule has 0 saturated carbocycles. The summed E-state index contributed by atoms with van der Waals surface area (Å²) in [5.74, 6) is 0.0947. The lowest BCUT2D eigenvalue weighted by Crippen LogP contribution is -2.32. The molecule has 0 unspecified atom stereocenters. The van der Waals surface area contributed by atoms with Crippen LogP contribution in [0.5, 0.6) is 0 Å². The van der Waals surface area contributed by atoms with E-state index < -0.39 is 0 Å². The number of hydrogen-bond acceptors (Lipinski definition) is 3. The molecule has 1 aromatic rings. The number of nitrogens with two attached hydrogens (primary N) is 1. The highest BCUT2D eigenvalue weighted by molar-refractivity contribution is 7.80. The molecule has 1 rings (SSSR count). The first-order valence-electron chi connectivity index (χ1n) is 6.84. The number of thiocarbonyl (C=S) groups is 1. The number of hydrogen-bond donors (Lipinski definition) is 1. The zero-order valence-corrected chi connectivity index (χ0v) is 14.1. The molecule has 21 heavy (non-hydrogen) atoms. The molecule has 0 saturated heterocycles. The first-order chi connectivity index (χ1) is 9.90. The SMILES string of the molecule is CN(CCC(=O)N(C)CCC(N)=S)Cc1ccccc1Cl. The molecule has 0 aliphatic heterocycles. The van der Waals surface area contributed by atoms with E-state index in [-0.39, 0.29) is 5.91 Å². The van der Waals surface area contributed by atoms with Gasteiger partial charge in [-0.25, -0.2) is 0 Å². The van der Waals surface area contributed by atoms with Gasteiger partial charge < -0.3 is 15.5 Å². The normalized spacial score (nSPS) is 10.7. The Morgan fingerprint density at radius 2 is 1.90 bits per heavy atom. The number of rotatable bonds is 8. The van der Waals surface area contributed by atoms with Gasteiger partial charge in [-0.15, -0.1) is 0 Å². The molecular formula is C15H22ClN3OS. The molecule has 0 aliphatic rings. The van der Waals surface area contributed by atoms with Gasteiger partial charge in [0.15, 0.2) is 0 Å². The minimum atomic E-state index is 0.0947. The third-order valence-corrected chi connectivity index (χ3v) is 3.80. The summed E-state index contributed by atoms with van der Waals surface area (Å²) in [5.41, 5.74) is 6.50. The monoisotopic (exact) mass is 327 g/mol. The zero-order valence-electron chi connectivity index (χ0n) is 12.5. The number of benzene rings is 1. The van der Waals surface area contributed by atoms with E-state index in [0.717, 1.165) is 17.1 Å². The van der Waals surface area contributed by atoms with Crippen molar-refractivity contribution in [2.75, 3.05) is 27.2 Å². The average molecular weight is 328 g/mol. The Morgan fingerprint density at radius 3 is 2.52 bits per heavy atom. The van der Waals surface area contributed by atoms with E-state index in [1.165, 1.54) is 0 Å². The maximum Gasteiger partial charge on any atom is 0.223 e. The molecule has 0 spiro atoms. The molecule has 0 heterocycles. The minimum absolute atomic E-state index is 0.0947. The van der Waals surface area contributed by atoms with Gasteiger partial charge in [0.1, 0.15) is 0 Å². The molecule has 0 bridgehead atoms. The number of halogens is 1. The third-order valence-electron chi connectivity index (χ3n) is 3.22. The Bertz CT molecular complexity index is 496. The quantitative estimate of drug-likeness (QED) is 0.744. The van der Waals surface area contributed by atoms with Crippen LogP contribution in [0.25, 0.3) is 0 Å². The summed E-state index contributed by atoms with van der Waals surface area (Å²) < 4.78 is 0. The molecule has 2 N–H and O–H groups in total. The lowest BCUT2D eigenvalue weighted by atomic mass is 10.2. The van der Waals surface area contributed by atoms with Crippen LogP contribution in [0.3, 0.4) is 0 Å². The summed E-state index contributed by atoms with van der Waals surface area (Å²) in [4.78, 5) is 16.2. The largest absolute Gasteiger partial charge is 0.393 e. The molecule has 0 radical (unpaired) electrons. The molecule has 6 heteroatoms. The van der Waals surface area contributed by atoms with E-state index in [1.54, 1.807) is 11.9 Å². The van der Waals surface area contributed by atoms with Gasteiger partial charge in [-0.05, 0) is 18.7 Å². The number of amides is 1. The molecule has 0 aromatic heterocycles. The van der Waals surface area contributed by atoms with Crippen molar-refractivity contribution in [3.63, 3.8) is 0 Å². The Kier molecular flexibility index (Phi) is 7.64. The molecule has 116 valence electrons. The van der Waals surface area contributed by atoms with Gasteiger partial charge in [-0.2, -0.15) is 0 Å². The summed E-state index contributed by atoms with van der Waals surface area (Å²) in [6.45, 7) is 1.98. The Balaban J connectivity index is 2.35. The second kappa shape index (κ2) is 8.97. The first-order valence-corrected chi connectivity index (χ1v) is 7.63. The Labute approximate surface area is 136 Å². The van der Waals surface area contributed by atoms with Gasteiger partial charge in [-0.3, -0.25) is 4.79 Å². The van der Waals surface area contributed by atoms with Crippen LogP contribution in [0.1, 0.15) is 18.4 Å². The summed E-state index contributed by atoms with van der Waals surface area (Å²) in [5, 5.41) is 0.754. The van der Waals surface area contributed by atoms with E-state index in [4.69, 9.17) is 29.6 Å². The van der Waals surface area contributed by atoms with E-state index in [1.807, 2.05) is 31.3 Å². The van der Waals surface area contributed by atoms with Gasteiger partial charge in [0.05, 0.1) is 4.99 Å². The smallest absolute Gasteiger partial charge is 0.223 e. The topological polar surface area (TPSA) is 49.6 Å². The van der Waals surface area contributed by atoms with Crippen LogP contribution in [0.4, 0.5) is 0 Å². The lowest BCUT2D eigenvalue weighted by molar-refractivity contribution is -0.130. The second-order valence-electron chi connectivity index (χ2n) is 5.11. The highest BCUT2D eigenvalue weighted by atomic mass is 35.5. The van der Waals surface area contributed by atoms with Crippen molar-refractivity contribution >= 4 is 34.7 Å². The van der Waals surface area contributed by atoms with Crippen LogP contribution in [-0.2, 0) is 11.3 Å². The highest BCUT2D eigenvalue weighted by Crippen LogP contribution is 2.16. The van der Waals surface area contributed by atoms with Crippen LogP contribution in [0.2, 0.25) is 5.02 Å². The zero-order chi connectivity index (χ0) is 15.8. The first kappa shape index (κ1) is 17.9. The number of carbonyl (C=O) groups excluding carboxylic acids is 1. The van der Waals surface area contributed by atoms with Crippen molar-refractivity contribution in [1.29, 1.82) is 0 Å². The summed E-state index contributed by atoms with van der Waals surface area (Å²) in [6.07, 6.45) is 1.03. The standard InChI is InChI=1S/C15H22ClN3OS/c1-18(11-12-5-3-4-6-13(12)16)9-8-15(20)19(2)10-7-14(17)21/h3-6H,7-11H2,1-2H3,(H2,17,21). The summed E-state index contributed by atoms with van der Waals surface area (Å²) in [7, 11) is 3.75.